The lowest BCUT2D eigenvalue weighted by Crippen LogP contribution is -1.90. The molecule has 0 bridgehead atoms. The summed E-state index contributed by atoms with van der Waals surface area (Å²) in [6, 6.07) is 12.1. The molecule has 0 amide bonds. The Morgan fingerprint density at radius 2 is 1.93 bits per heavy atom. The molecule has 76 valence electrons. The van der Waals surface area contributed by atoms with E-state index in [1.54, 1.807) is 18.0 Å². The number of hydrogen-bond acceptors (Lipinski definition) is 3. The quantitative estimate of drug-likeness (QED) is 0.838. The lowest BCUT2D eigenvalue weighted by Gasteiger charge is -2.04. The van der Waals surface area contributed by atoms with Crippen molar-refractivity contribution in [3.05, 3.63) is 48.2 Å². The summed E-state index contributed by atoms with van der Waals surface area (Å²) in [7, 11) is 0. The number of aromatic nitrogens is 1. The molecule has 0 saturated carbocycles. The number of rotatable bonds is 2. The lowest BCUT2D eigenvalue weighted by atomic mass is 10.3. The van der Waals surface area contributed by atoms with E-state index in [0.717, 1.165) is 10.6 Å². The van der Waals surface area contributed by atoms with Crippen molar-refractivity contribution in [2.24, 2.45) is 0 Å². The molecule has 1 aromatic heterocycles. The van der Waals surface area contributed by atoms with Crippen LogP contribution in [0.15, 0.2) is 52.5 Å². The zero-order valence-electron chi connectivity index (χ0n) is 8.47. The van der Waals surface area contributed by atoms with Gasteiger partial charge in [0.15, 0.2) is 0 Å². The van der Waals surface area contributed by atoms with Crippen LogP contribution in [0.4, 0.5) is 5.69 Å². The average molecular weight is 216 g/mol. The van der Waals surface area contributed by atoms with Gasteiger partial charge in [0, 0.05) is 4.90 Å². The van der Waals surface area contributed by atoms with Crippen molar-refractivity contribution in [3.63, 3.8) is 0 Å². The first-order valence-corrected chi connectivity index (χ1v) is 5.52. The van der Waals surface area contributed by atoms with Crippen LogP contribution in [-0.2, 0) is 0 Å². The molecular formula is C12H12N2S. The summed E-state index contributed by atoms with van der Waals surface area (Å²) in [6.07, 6.45) is 1.69. The molecule has 0 aliphatic heterocycles. The van der Waals surface area contributed by atoms with Gasteiger partial charge in [0.25, 0.3) is 0 Å². The maximum Gasteiger partial charge on any atom is 0.104 e. The zero-order valence-corrected chi connectivity index (χ0v) is 9.29. The van der Waals surface area contributed by atoms with Gasteiger partial charge in [0.2, 0.25) is 0 Å². The predicted molar refractivity (Wildman–Crippen MR) is 64.0 cm³/mol. The smallest absolute Gasteiger partial charge is 0.104 e. The molecule has 1 aromatic carbocycles. The highest BCUT2D eigenvalue weighted by Gasteiger charge is 2.02. The van der Waals surface area contributed by atoms with Crippen molar-refractivity contribution in [2.45, 2.75) is 16.8 Å². The van der Waals surface area contributed by atoms with Crippen molar-refractivity contribution in [2.75, 3.05) is 5.73 Å². The fourth-order valence-electron chi connectivity index (χ4n) is 1.29. The SMILES string of the molecule is Cc1cc(N)cnc1Sc1ccccc1. The van der Waals surface area contributed by atoms with Gasteiger partial charge in [-0.25, -0.2) is 4.98 Å². The number of anilines is 1. The van der Waals surface area contributed by atoms with E-state index >= 15 is 0 Å². The second kappa shape index (κ2) is 4.36. The van der Waals surface area contributed by atoms with E-state index in [1.807, 2.05) is 31.2 Å². The molecule has 2 aromatic rings. The van der Waals surface area contributed by atoms with Crippen molar-refractivity contribution in [1.82, 2.24) is 4.98 Å². The van der Waals surface area contributed by atoms with Crippen LogP contribution in [0, 0.1) is 6.92 Å². The maximum absolute atomic E-state index is 5.65. The largest absolute Gasteiger partial charge is 0.397 e. The molecule has 0 aliphatic rings. The minimum atomic E-state index is 0.713. The van der Waals surface area contributed by atoms with Crippen molar-refractivity contribution in [3.8, 4) is 0 Å². The molecule has 0 radical (unpaired) electrons. The van der Waals surface area contributed by atoms with Crippen LogP contribution in [-0.4, -0.2) is 4.98 Å². The van der Waals surface area contributed by atoms with Gasteiger partial charge in [-0.2, -0.15) is 0 Å². The third-order valence-electron chi connectivity index (χ3n) is 2.01. The molecule has 0 spiro atoms. The third-order valence-corrected chi connectivity index (χ3v) is 3.14. The Labute approximate surface area is 93.5 Å². The minimum absolute atomic E-state index is 0.713. The third kappa shape index (κ3) is 2.50. The number of benzene rings is 1. The first kappa shape index (κ1) is 10.1. The van der Waals surface area contributed by atoms with Gasteiger partial charge in [0.05, 0.1) is 11.9 Å². The highest BCUT2D eigenvalue weighted by molar-refractivity contribution is 7.99. The van der Waals surface area contributed by atoms with E-state index in [9.17, 15) is 0 Å². The van der Waals surface area contributed by atoms with E-state index < -0.39 is 0 Å². The van der Waals surface area contributed by atoms with Crippen LogP contribution in [0.3, 0.4) is 0 Å². The topological polar surface area (TPSA) is 38.9 Å². The van der Waals surface area contributed by atoms with Crippen molar-refractivity contribution in [1.29, 1.82) is 0 Å². The van der Waals surface area contributed by atoms with Gasteiger partial charge in [-0.1, -0.05) is 30.0 Å². The number of hydrogen-bond donors (Lipinski definition) is 1. The molecule has 0 aliphatic carbocycles. The average Bonchev–Trinajstić information content (AvgIpc) is 2.24. The number of nitrogens with two attached hydrogens (primary N) is 1. The summed E-state index contributed by atoms with van der Waals surface area (Å²) in [5.41, 5.74) is 7.48. The second-order valence-corrected chi connectivity index (χ2v) is 4.37. The van der Waals surface area contributed by atoms with Crippen molar-refractivity contribution >= 4 is 17.4 Å². The van der Waals surface area contributed by atoms with Crippen LogP contribution >= 0.6 is 11.8 Å². The number of nitrogen functional groups attached to an aromatic ring is 1. The minimum Gasteiger partial charge on any atom is -0.397 e. The zero-order chi connectivity index (χ0) is 10.7. The summed E-state index contributed by atoms with van der Waals surface area (Å²) in [6.45, 7) is 2.02. The van der Waals surface area contributed by atoms with Gasteiger partial charge in [-0.15, -0.1) is 0 Å². The van der Waals surface area contributed by atoms with Gasteiger partial charge in [-0.3, -0.25) is 0 Å². The molecule has 0 atom stereocenters. The monoisotopic (exact) mass is 216 g/mol. The lowest BCUT2D eigenvalue weighted by molar-refractivity contribution is 1.08. The highest BCUT2D eigenvalue weighted by Crippen LogP contribution is 2.28. The molecule has 2 rings (SSSR count). The predicted octanol–water partition coefficient (Wildman–Crippen LogP) is 3.12. The Morgan fingerprint density at radius 3 is 2.60 bits per heavy atom. The molecule has 3 heteroatoms. The molecule has 1 heterocycles. The van der Waals surface area contributed by atoms with E-state index in [1.165, 1.54) is 4.90 Å². The molecule has 0 saturated heterocycles. The summed E-state index contributed by atoms with van der Waals surface area (Å²) in [4.78, 5) is 5.50. The second-order valence-electron chi connectivity index (χ2n) is 3.31. The number of pyridine rings is 1. The summed E-state index contributed by atoms with van der Waals surface area (Å²) in [5, 5.41) is 1.01. The Hall–Kier alpha value is -1.48. The van der Waals surface area contributed by atoms with Gasteiger partial charge in [0.1, 0.15) is 5.03 Å². The molecular weight excluding hydrogens is 204 g/mol. The molecule has 0 unspecified atom stereocenters. The van der Waals surface area contributed by atoms with E-state index in [4.69, 9.17) is 5.73 Å². The number of aryl methyl sites for hydroxylation is 1. The Bertz CT molecular complexity index is 454. The van der Waals surface area contributed by atoms with Crippen LogP contribution in [0.1, 0.15) is 5.56 Å². The molecule has 15 heavy (non-hydrogen) atoms. The molecule has 0 fully saturated rings. The van der Waals surface area contributed by atoms with Crippen molar-refractivity contribution < 1.29 is 0 Å². The Morgan fingerprint density at radius 1 is 1.20 bits per heavy atom. The standard InChI is InChI=1S/C12H12N2S/c1-9-7-10(13)8-14-12(9)15-11-5-3-2-4-6-11/h2-8H,13H2,1H3. The summed E-state index contributed by atoms with van der Waals surface area (Å²) in [5.74, 6) is 0. The Balaban J connectivity index is 2.25. The Kier molecular flexibility index (Phi) is 2.92. The first-order valence-electron chi connectivity index (χ1n) is 4.71. The van der Waals surface area contributed by atoms with Gasteiger partial charge >= 0.3 is 0 Å². The van der Waals surface area contributed by atoms with Gasteiger partial charge < -0.3 is 5.73 Å². The fourth-order valence-corrected chi connectivity index (χ4v) is 2.13. The van der Waals surface area contributed by atoms with Crippen LogP contribution in [0.2, 0.25) is 0 Å². The number of nitrogens with zero attached hydrogens (tertiary/aromatic N) is 1. The fraction of sp³-hybridized carbons (Fsp3) is 0.0833. The highest BCUT2D eigenvalue weighted by atomic mass is 32.2. The summed E-state index contributed by atoms with van der Waals surface area (Å²) >= 11 is 1.66. The maximum atomic E-state index is 5.65. The van der Waals surface area contributed by atoms with Gasteiger partial charge in [-0.05, 0) is 30.7 Å². The van der Waals surface area contributed by atoms with Crippen LogP contribution in [0.25, 0.3) is 0 Å². The molecule has 2 nitrogen and oxygen atoms in total. The van der Waals surface area contributed by atoms with Crippen LogP contribution in [0.5, 0.6) is 0 Å². The van der Waals surface area contributed by atoms with E-state index in [0.29, 0.717) is 5.69 Å². The summed E-state index contributed by atoms with van der Waals surface area (Å²) < 4.78 is 0. The van der Waals surface area contributed by atoms with E-state index in [-0.39, 0.29) is 0 Å². The normalized spacial score (nSPS) is 10.2. The van der Waals surface area contributed by atoms with E-state index in [2.05, 4.69) is 17.1 Å². The molecule has 2 N–H and O–H groups in total. The first-order chi connectivity index (χ1) is 7.25. The van der Waals surface area contributed by atoms with Crippen LogP contribution < -0.4 is 5.73 Å².